The fourth-order valence-electron chi connectivity index (χ4n) is 5.46. The first-order chi connectivity index (χ1) is 23.5. The van der Waals surface area contributed by atoms with Crippen LogP contribution in [0.5, 0.6) is 11.5 Å². The predicted octanol–water partition coefficient (Wildman–Crippen LogP) is 9.23. The number of hydrogen-bond donors (Lipinski definition) is 3. The minimum absolute atomic E-state index is 0.00244. The molecule has 6 rings (SSSR count). The van der Waals surface area contributed by atoms with Gasteiger partial charge >= 0.3 is 5.97 Å². The van der Waals surface area contributed by atoms with E-state index in [4.69, 9.17) is 37.1 Å². The van der Waals surface area contributed by atoms with E-state index in [1.807, 2.05) is 37.3 Å². The molecule has 0 aromatic heterocycles. The molecule has 4 aromatic carbocycles. The summed E-state index contributed by atoms with van der Waals surface area (Å²) in [7, 11) is -4.66. The van der Waals surface area contributed by atoms with E-state index in [2.05, 4.69) is 10.3 Å². The Bertz CT molecular complexity index is 2370. The Balaban J connectivity index is 1.58. The van der Waals surface area contributed by atoms with E-state index in [1.165, 1.54) is 24.3 Å². The Kier molecular flexibility index (Phi) is 9.53. The lowest BCUT2D eigenvalue weighted by Gasteiger charge is -2.19. The topological polar surface area (TPSA) is 148 Å². The van der Waals surface area contributed by atoms with Crippen LogP contribution in [0.15, 0.2) is 105 Å². The van der Waals surface area contributed by atoms with Gasteiger partial charge in [0.15, 0.2) is 0 Å². The van der Waals surface area contributed by atoms with Crippen LogP contribution < -0.4 is 20.1 Å². The monoisotopic (exact) mass is 718 g/mol. The molecule has 0 saturated carbocycles. The predicted molar refractivity (Wildman–Crippen MR) is 189 cm³/mol. The highest BCUT2D eigenvalue weighted by Gasteiger charge is 2.26. The summed E-state index contributed by atoms with van der Waals surface area (Å²) in [5.41, 5.74) is 2.79. The van der Waals surface area contributed by atoms with Crippen LogP contribution in [-0.2, 0) is 10.1 Å². The lowest BCUT2D eigenvalue weighted by atomic mass is 9.90. The molecular weight excluding hydrogens is 691 g/mol. The maximum atomic E-state index is 12.5. The molecule has 0 amide bonds. The number of anilines is 2. The summed E-state index contributed by atoms with van der Waals surface area (Å²) in [4.78, 5) is 16.6. The fraction of sp³-hybridized carbons (Fsp3) is 0.111. The minimum Gasteiger partial charge on any atom is -0.494 e. The average Bonchev–Trinajstić information content (AvgIpc) is 3.06. The van der Waals surface area contributed by atoms with E-state index in [0.29, 0.717) is 41.0 Å². The van der Waals surface area contributed by atoms with E-state index in [-0.39, 0.29) is 43.7 Å². The third-order valence-corrected chi connectivity index (χ3v) is 9.01. The third-order valence-electron chi connectivity index (χ3n) is 7.50. The molecular formula is C36H28Cl2N2O8S. The number of carbonyl (C=O) groups is 1. The van der Waals surface area contributed by atoms with E-state index in [1.54, 1.807) is 43.3 Å². The molecule has 250 valence electrons. The number of nitrogens with one attached hydrogen (secondary N) is 1. The lowest BCUT2D eigenvalue weighted by Crippen LogP contribution is -2.06. The fourth-order valence-corrected chi connectivity index (χ4v) is 6.59. The third kappa shape index (κ3) is 7.06. The summed E-state index contributed by atoms with van der Waals surface area (Å²) in [5, 5.41) is 14.6. The van der Waals surface area contributed by atoms with Crippen LogP contribution in [0, 0.1) is 0 Å². The molecule has 1 aliphatic heterocycles. The van der Waals surface area contributed by atoms with Crippen molar-refractivity contribution in [1.82, 2.24) is 0 Å². The highest BCUT2D eigenvalue weighted by Crippen LogP contribution is 2.46. The number of carboxylic acid groups (broad SMARTS) is 1. The van der Waals surface area contributed by atoms with E-state index < -0.39 is 21.0 Å². The van der Waals surface area contributed by atoms with Gasteiger partial charge in [-0.2, -0.15) is 8.42 Å². The number of fused-ring (bicyclic) bond motifs is 2. The van der Waals surface area contributed by atoms with Crippen molar-refractivity contribution < 1.29 is 36.8 Å². The number of halogens is 2. The molecule has 49 heavy (non-hydrogen) atoms. The smallest absolute Gasteiger partial charge is 0.337 e. The highest BCUT2D eigenvalue weighted by atomic mass is 35.5. The quantitative estimate of drug-likeness (QED) is 0.0931. The summed E-state index contributed by atoms with van der Waals surface area (Å²) in [6, 6.07) is 24.8. The van der Waals surface area contributed by atoms with Crippen molar-refractivity contribution in [2.45, 2.75) is 18.7 Å². The second-order valence-electron chi connectivity index (χ2n) is 10.7. The van der Waals surface area contributed by atoms with Gasteiger partial charge in [0.2, 0.25) is 0 Å². The van der Waals surface area contributed by atoms with Crippen LogP contribution >= 0.6 is 23.2 Å². The number of carboxylic acids is 1. The molecule has 0 atom stereocenters. The Hall–Kier alpha value is -5.07. The van der Waals surface area contributed by atoms with Crippen LogP contribution in [-0.4, -0.2) is 37.3 Å². The number of benzene rings is 5. The van der Waals surface area contributed by atoms with Crippen LogP contribution in [0.25, 0.3) is 33.4 Å². The molecule has 1 aliphatic carbocycles. The average molecular weight is 720 g/mol. The van der Waals surface area contributed by atoms with E-state index in [9.17, 15) is 22.9 Å². The van der Waals surface area contributed by atoms with Gasteiger partial charge in [0, 0.05) is 56.7 Å². The van der Waals surface area contributed by atoms with Gasteiger partial charge in [-0.1, -0.05) is 23.2 Å². The molecule has 0 radical (unpaired) electrons. The van der Waals surface area contributed by atoms with Crippen molar-refractivity contribution in [3.63, 3.8) is 0 Å². The summed E-state index contributed by atoms with van der Waals surface area (Å²) in [6.07, 6.45) is 0. The number of rotatable bonds is 10. The van der Waals surface area contributed by atoms with Crippen LogP contribution in [0.4, 0.5) is 17.1 Å². The molecule has 4 aromatic rings. The number of nitrogens with zero attached hydrogens (tertiary/aromatic N) is 1. The Labute approximate surface area is 291 Å². The number of ether oxygens (including phenoxy) is 2. The zero-order valence-corrected chi connectivity index (χ0v) is 28.4. The van der Waals surface area contributed by atoms with Crippen molar-refractivity contribution in [2.24, 2.45) is 4.99 Å². The molecule has 1 heterocycles. The molecule has 13 heteroatoms. The second kappa shape index (κ2) is 13.8. The van der Waals surface area contributed by atoms with Gasteiger partial charge in [-0.3, -0.25) is 4.55 Å². The van der Waals surface area contributed by atoms with Gasteiger partial charge in [-0.25, -0.2) is 9.79 Å². The lowest BCUT2D eigenvalue weighted by molar-refractivity contribution is 0.0698. The van der Waals surface area contributed by atoms with E-state index in [0.717, 1.165) is 11.4 Å². The Morgan fingerprint density at radius 1 is 0.816 bits per heavy atom. The minimum atomic E-state index is -4.66. The molecule has 3 N–H and O–H groups in total. The molecule has 0 bridgehead atoms. The van der Waals surface area contributed by atoms with Crippen molar-refractivity contribution in [3.8, 4) is 33.9 Å². The summed E-state index contributed by atoms with van der Waals surface area (Å²) in [6.45, 7) is 4.50. The first kappa shape index (κ1) is 33.8. The number of aromatic carboxylic acids is 1. The molecule has 10 nitrogen and oxygen atoms in total. The zero-order chi connectivity index (χ0) is 34.9. The van der Waals surface area contributed by atoms with Crippen molar-refractivity contribution in [2.75, 3.05) is 18.5 Å². The largest absolute Gasteiger partial charge is 0.494 e. The van der Waals surface area contributed by atoms with Gasteiger partial charge in [0.25, 0.3) is 10.1 Å². The number of hydrogen-bond acceptors (Lipinski definition) is 8. The van der Waals surface area contributed by atoms with Gasteiger partial charge in [0.05, 0.1) is 34.8 Å². The van der Waals surface area contributed by atoms with Crippen molar-refractivity contribution >= 4 is 67.3 Å². The summed E-state index contributed by atoms with van der Waals surface area (Å²) < 4.78 is 51.8. The van der Waals surface area contributed by atoms with Crippen LogP contribution in [0.2, 0.25) is 10.0 Å². The summed E-state index contributed by atoms with van der Waals surface area (Å²) in [5.74, 6) is 0.00776. The van der Waals surface area contributed by atoms with Crippen molar-refractivity contribution in [3.05, 3.63) is 112 Å². The van der Waals surface area contributed by atoms with Crippen molar-refractivity contribution in [1.29, 1.82) is 0 Å². The summed E-state index contributed by atoms with van der Waals surface area (Å²) >= 11 is 13.1. The molecule has 2 aliphatic rings. The van der Waals surface area contributed by atoms with E-state index >= 15 is 0 Å². The first-order valence-corrected chi connectivity index (χ1v) is 17.2. The van der Waals surface area contributed by atoms with Gasteiger partial charge < -0.3 is 24.3 Å². The highest BCUT2D eigenvalue weighted by molar-refractivity contribution is 7.86. The van der Waals surface area contributed by atoms with Crippen LogP contribution in [0.3, 0.4) is 0 Å². The molecule has 0 fully saturated rings. The zero-order valence-electron chi connectivity index (χ0n) is 26.0. The Morgan fingerprint density at radius 3 is 2.18 bits per heavy atom. The Morgan fingerprint density at radius 2 is 1.49 bits per heavy atom. The van der Waals surface area contributed by atoms with Crippen LogP contribution in [0.1, 0.15) is 24.2 Å². The van der Waals surface area contributed by atoms with Gasteiger partial charge in [-0.15, -0.1) is 0 Å². The normalized spacial score (nSPS) is 12.0. The first-order valence-electron chi connectivity index (χ1n) is 15.0. The molecule has 0 saturated heterocycles. The standard InChI is InChI=1S/C36H28Cl2N2O8S/c1-3-46-23-9-5-20(6-10-23)39-21-7-12-25-30(17-21)48-31-18-22(40-29-16-11-24(47-4-2)19-32(29)49(43,44)45)8-13-26(31)33(25)34-27(37)14-15-28(38)35(34)36(41)42/h5-19,39H,3-4H2,1-2H3,(H,41,42)(H,43,44,45). The van der Waals surface area contributed by atoms with Gasteiger partial charge in [0.1, 0.15) is 27.7 Å². The SMILES string of the molecule is CCOc1ccc(Nc2ccc3c(-c4c(Cl)ccc(Cl)c4C(=O)O)c4ccc(=Nc5ccc(OCC)cc5S(=O)(=O)O)cc-4oc3c2)cc1. The molecule has 0 unspecified atom stereocenters. The molecule has 0 spiro atoms. The van der Waals surface area contributed by atoms with Gasteiger partial charge in [-0.05, 0) is 86.6 Å². The maximum absolute atomic E-state index is 12.5. The maximum Gasteiger partial charge on any atom is 0.337 e. The second-order valence-corrected chi connectivity index (χ2v) is 12.9.